The standard InChI is InChI=1S/C41H54FN3O5/c1-26-18-33(42)11-10-31(26)20-44-15-12-29-19-30(8-9-32(29)21-44)36-34(25-49-24-28-22-48-23-28)43-27(2)35(38(39(46)47)50-40(3,4)5)37(36)45-16-13-41(6,7)14-17-45/h8-11,18-19,28,38H,12-17,20-25H2,1-7H3,(H,46,47). The summed E-state index contributed by atoms with van der Waals surface area (Å²) in [7, 11) is 0. The van der Waals surface area contributed by atoms with Gasteiger partial charge in [-0.15, -0.1) is 0 Å². The summed E-state index contributed by atoms with van der Waals surface area (Å²) in [6, 6.07) is 11.7. The Bertz CT molecular complexity index is 1700. The molecule has 0 saturated carbocycles. The summed E-state index contributed by atoms with van der Waals surface area (Å²) in [6.45, 7) is 20.6. The van der Waals surface area contributed by atoms with E-state index in [9.17, 15) is 14.3 Å². The molecule has 50 heavy (non-hydrogen) atoms. The summed E-state index contributed by atoms with van der Waals surface area (Å²) >= 11 is 0. The quantitative estimate of drug-likeness (QED) is 0.219. The van der Waals surface area contributed by atoms with Crippen molar-refractivity contribution in [2.75, 3.05) is 44.4 Å². The number of hydrogen-bond acceptors (Lipinski definition) is 7. The third-order valence-electron chi connectivity index (χ3n) is 10.4. The number of anilines is 1. The maximum atomic E-state index is 13.8. The van der Waals surface area contributed by atoms with Crippen molar-refractivity contribution in [3.63, 3.8) is 0 Å². The fraction of sp³-hybridized carbons (Fsp3) is 0.561. The zero-order valence-corrected chi connectivity index (χ0v) is 30.9. The predicted octanol–water partition coefficient (Wildman–Crippen LogP) is 7.79. The normalized spacial score (nSPS) is 18.8. The summed E-state index contributed by atoms with van der Waals surface area (Å²) in [6.07, 6.45) is 1.67. The number of pyridine rings is 1. The first-order valence-electron chi connectivity index (χ1n) is 18.1. The highest BCUT2D eigenvalue weighted by molar-refractivity contribution is 5.88. The monoisotopic (exact) mass is 687 g/mol. The molecule has 1 unspecified atom stereocenters. The fourth-order valence-corrected chi connectivity index (χ4v) is 7.42. The molecule has 0 spiro atoms. The van der Waals surface area contributed by atoms with Gasteiger partial charge in [0.25, 0.3) is 0 Å². The van der Waals surface area contributed by atoms with Crippen LogP contribution in [0.2, 0.25) is 0 Å². The van der Waals surface area contributed by atoms with E-state index in [0.29, 0.717) is 43.6 Å². The van der Waals surface area contributed by atoms with E-state index in [0.717, 1.165) is 85.6 Å². The van der Waals surface area contributed by atoms with Crippen LogP contribution in [0.4, 0.5) is 10.1 Å². The largest absolute Gasteiger partial charge is 0.479 e. The molecule has 6 rings (SSSR count). The number of carboxylic acid groups (broad SMARTS) is 1. The minimum absolute atomic E-state index is 0.202. The lowest BCUT2D eigenvalue weighted by molar-refractivity contribution is -0.160. The highest BCUT2D eigenvalue weighted by atomic mass is 19.1. The van der Waals surface area contributed by atoms with E-state index in [4.69, 9.17) is 19.2 Å². The number of piperidine rings is 1. The molecule has 2 fully saturated rings. The van der Waals surface area contributed by atoms with Crippen LogP contribution in [0.3, 0.4) is 0 Å². The lowest BCUT2D eigenvalue weighted by Gasteiger charge is -2.41. The molecule has 0 bridgehead atoms. The van der Waals surface area contributed by atoms with Crippen LogP contribution in [0, 0.1) is 31.0 Å². The number of hydrogen-bond donors (Lipinski definition) is 1. The summed E-state index contributed by atoms with van der Waals surface area (Å²) in [4.78, 5) is 23.0. The minimum atomic E-state index is -1.19. The number of aromatic nitrogens is 1. The molecule has 0 aliphatic carbocycles. The number of rotatable bonds is 11. The molecule has 2 saturated heterocycles. The average Bonchev–Trinajstić information content (AvgIpc) is 3.01. The molecule has 0 amide bonds. The van der Waals surface area contributed by atoms with Crippen molar-refractivity contribution in [3.8, 4) is 11.1 Å². The van der Waals surface area contributed by atoms with Crippen LogP contribution in [0.5, 0.6) is 0 Å². The summed E-state index contributed by atoms with van der Waals surface area (Å²) in [5, 5.41) is 10.7. The van der Waals surface area contributed by atoms with Gasteiger partial charge in [-0.2, -0.15) is 0 Å². The first-order chi connectivity index (χ1) is 23.7. The van der Waals surface area contributed by atoms with Crippen LogP contribution >= 0.6 is 0 Å². The maximum Gasteiger partial charge on any atom is 0.337 e. The SMILES string of the molecule is Cc1cc(F)ccc1CN1CCc2cc(-c3c(COCC4COC4)nc(C)c(C(OC(C)(C)C)C(=O)O)c3N3CCC(C)(C)CC3)ccc2C1. The molecule has 4 heterocycles. The van der Waals surface area contributed by atoms with E-state index < -0.39 is 17.7 Å². The Hall–Kier alpha value is -3.37. The molecule has 1 aromatic heterocycles. The highest BCUT2D eigenvalue weighted by Crippen LogP contribution is 2.46. The number of aliphatic carboxylic acids is 1. The Kier molecular flexibility index (Phi) is 10.7. The van der Waals surface area contributed by atoms with Gasteiger partial charge < -0.3 is 24.2 Å². The second-order valence-corrected chi connectivity index (χ2v) is 16.3. The smallest absolute Gasteiger partial charge is 0.337 e. The molecule has 3 aliphatic heterocycles. The van der Waals surface area contributed by atoms with Crippen LogP contribution in [-0.4, -0.2) is 66.0 Å². The van der Waals surface area contributed by atoms with E-state index in [-0.39, 0.29) is 11.2 Å². The number of fused-ring (bicyclic) bond motifs is 1. The molecule has 1 N–H and O–H groups in total. The molecule has 270 valence electrons. The van der Waals surface area contributed by atoms with Gasteiger partial charge in [0.2, 0.25) is 0 Å². The van der Waals surface area contributed by atoms with Crippen molar-refractivity contribution >= 4 is 11.7 Å². The van der Waals surface area contributed by atoms with Gasteiger partial charge in [0.15, 0.2) is 6.10 Å². The Labute approximate surface area is 296 Å². The van der Waals surface area contributed by atoms with Crippen LogP contribution in [0.1, 0.15) is 92.8 Å². The molecular formula is C41H54FN3O5. The topological polar surface area (TPSA) is 84.4 Å². The third-order valence-corrected chi connectivity index (χ3v) is 10.4. The zero-order chi connectivity index (χ0) is 35.8. The van der Waals surface area contributed by atoms with Crippen molar-refractivity contribution in [2.24, 2.45) is 11.3 Å². The predicted molar refractivity (Wildman–Crippen MR) is 194 cm³/mol. The van der Waals surface area contributed by atoms with Crippen molar-refractivity contribution in [3.05, 3.63) is 81.4 Å². The third kappa shape index (κ3) is 8.39. The van der Waals surface area contributed by atoms with Gasteiger partial charge in [0.1, 0.15) is 5.82 Å². The lowest BCUT2D eigenvalue weighted by atomic mass is 9.81. The van der Waals surface area contributed by atoms with Crippen LogP contribution in [0.25, 0.3) is 11.1 Å². The Balaban J connectivity index is 1.43. The number of ether oxygens (including phenoxy) is 3. The van der Waals surface area contributed by atoms with E-state index in [2.05, 4.69) is 41.8 Å². The summed E-state index contributed by atoms with van der Waals surface area (Å²) < 4.78 is 31.8. The summed E-state index contributed by atoms with van der Waals surface area (Å²) in [5.74, 6) is -0.847. The molecule has 9 heteroatoms. The molecule has 3 aromatic rings. The van der Waals surface area contributed by atoms with Gasteiger partial charge in [-0.05, 0) is 99.2 Å². The fourth-order valence-electron chi connectivity index (χ4n) is 7.42. The Morgan fingerprint density at radius 1 is 1.08 bits per heavy atom. The molecular weight excluding hydrogens is 633 g/mol. The van der Waals surface area contributed by atoms with Crippen molar-refractivity contribution in [1.82, 2.24) is 9.88 Å². The Morgan fingerprint density at radius 2 is 1.82 bits per heavy atom. The number of nitrogens with zero attached hydrogens (tertiary/aromatic N) is 3. The van der Waals surface area contributed by atoms with Crippen molar-refractivity contribution < 1.29 is 28.5 Å². The van der Waals surface area contributed by atoms with Gasteiger partial charge >= 0.3 is 5.97 Å². The zero-order valence-electron chi connectivity index (χ0n) is 30.9. The van der Waals surface area contributed by atoms with Crippen molar-refractivity contribution in [2.45, 2.75) is 99.1 Å². The first-order valence-corrected chi connectivity index (χ1v) is 18.1. The molecule has 2 aromatic carbocycles. The second kappa shape index (κ2) is 14.7. The highest BCUT2D eigenvalue weighted by Gasteiger charge is 2.37. The number of halogens is 1. The van der Waals surface area contributed by atoms with Gasteiger partial charge in [-0.3, -0.25) is 9.88 Å². The van der Waals surface area contributed by atoms with Crippen molar-refractivity contribution in [1.29, 1.82) is 0 Å². The van der Waals surface area contributed by atoms with E-state index in [1.54, 1.807) is 12.1 Å². The minimum Gasteiger partial charge on any atom is -0.479 e. The van der Waals surface area contributed by atoms with E-state index in [1.165, 1.54) is 11.1 Å². The average molecular weight is 688 g/mol. The lowest BCUT2D eigenvalue weighted by Crippen LogP contribution is -2.39. The number of aryl methyl sites for hydroxylation is 2. The Morgan fingerprint density at radius 3 is 2.46 bits per heavy atom. The van der Waals surface area contributed by atoms with Gasteiger partial charge in [0.05, 0.1) is 43.4 Å². The number of carboxylic acids is 1. The molecule has 0 radical (unpaired) electrons. The van der Waals surface area contributed by atoms with Crippen LogP contribution in [0.15, 0.2) is 36.4 Å². The molecule has 1 atom stereocenters. The maximum absolute atomic E-state index is 13.8. The number of carbonyl (C=O) groups is 1. The van der Waals surface area contributed by atoms with E-state index in [1.807, 2.05) is 40.7 Å². The van der Waals surface area contributed by atoms with Gasteiger partial charge in [-0.25, -0.2) is 9.18 Å². The van der Waals surface area contributed by atoms with Gasteiger partial charge in [0, 0.05) is 55.5 Å². The second-order valence-electron chi connectivity index (χ2n) is 16.3. The van der Waals surface area contributed by atoms with E-state index >= 15 is 0 Å². The first kappa shape index (κ1) is 36.4. The summed E-state index contributed by atoms with van der Waals surface area (Å²) in [5.41, 5.74) is 9.12. The molecule has 8 nitrogen and oxygen atoms in total. The number of benzene rings is 2. The van der Waals surface area contributed by atoms with Crippen LogP contribution in [-0.2, 0) is 45.1 Å². The molecule has 3 aliphatic rings. The van der Waals surface area contributed by atoms with Crippen LogP contribution < -0.4 is 4.90 Å². The van der Waals surface area contributed by atoms with Gasteiger partial charge in [-0.1, -0.05) is 38.1 Å².